The fourth-order valence-electron chi connectivity index (χ4n) is 0.896. The zero-order valence-electron chi connectivity index (χ0n) is 6.09. The molecule has 50 valence electrons. The van der Waals surface area contributed by atoms with E-state index >= 15 is 0 Å². The van der Waals surface area contributed by atoms with Crippen molar-refractivity contribution in [1.82, 2.24) is 4.57 Å². The highest BCUT2D eigenvalue weighted by molar-refractivity contribution is 5.09. The van der Waals surface area contributed by atoms with Gasteiger partial charge < -0.3 is 4.57 Å². The summed E-state index contributed by atoms with van der Waals surface area (Å²) in [5, 5.41) is 0. The van der Waals surface area contributed by atoms with E-state index < -0.39 is 0 Å². The van der Waals surface area contributed by atoms with Crippen LogP contribution in [0.5, 0.6) is 0 Å². The highest BCUT2D eigenvalue weighted by Gasteiger charge is 1.89. The molecule has 9 heavy (non-hydrogen) atoms. The summed E-state index contributed by atoms with van der Waals surface area (Å²) in [6.45, 7) is 5.41. The summed E-state index contributed by atoms with van der Waals surface area (Å²) >= 11 is 0. The monoisotopic (exact) mass is 123 g/mol. The minimum Gasteiger partial charge on any atom is -0.354 e. The predicted molar refractivity (Wildman–Crippen MR) is 39.5 cm³/mol. The average Bonchev–Trinajstić information content (AvgIpc) is 2.34. The Bertz CT molecular complexity index is 158. The van der Waals surface area contributed by atoms with Gasteiger partial charge in [0, 0.05) is 18.9 Å². The van der Waals surface area contributed by atoms with Gasteiger partial charge in [-0.15, -0.1) is 0 Å². The second kappa shape index (κ2) is 2.72. The van der Waals surface area contributed by atoms with Crippen molar-refractivity contribution >= 4 is 0 Å². The Morgan fingerprint density at radius 2 is 2.22 bits per heavy atom. The van der Waals surface area contributed by atoms with Gasteiger partial charge in [0.05, 0.1) is 0 Å². The van der Waals surface area contributed by atoms with Gasteiger partial charge in [0.2, 0.25) is 0 Å². The largest absolute Gasteiger partial charge is 0.354 e. The zero-order chi connectivity index (χ0) is 6.69. The Morgan fingerprint density at radius 3 is 2.56 bits per heavy atom. The van der Waals surface area contributed by atoms with Crippen LogP contribution in [-0.4, -0.2) is 4.57 Å². The summed E-state index contributed by atoms with van der Waals surface area (Å²) in [5.41, 5.74) is 1.43. The van der Waals surface area contributed by atoms with Crippen LogP contribution in [0.1, 0.15) is 19.4 Å². The summed E-state index contributed by atoms with van der Waals surface area (Å²) < 4.78 is 2.19. The Labute approximate surface area is 56.3 Å². The Balaban J connectivity index is 2.74. The van der Waals surface area contributed by atoms with Crippen LogP contribution in [0.3, 0.4) is 0 Å². The van der Waals surface area contributed by atoms with Gasteiger partial charge in [-0.25, -0.2) is 0 Å². The molecule has 0 bridgehead atoms. The second-order valence-electron chi connectivity index (χ2n) is 2.20. The number of hydrogen-bond acceptors (Lipinski definition) is 0. The van der Waals surface area contributed by atoms with Crippen molar-refractivity contribution in [2.24, 2.45) is 0 Å². The first-order valence-electron chi connectivity index (χ1n) is 3.51. The normalized spacial score (nSPS) is 10.0. The van der Waals surface area contributed by atoms with Crippen molar-refractivity contribution in [1.29, 1.82) is 0 Å². The number of rotatable bonds is 2. The summed E-state index contributed by atoms with van der Waals surface area (Å²) in [7, 11) is 0. The van der Waals surface area contributed by atoms with Crippen molar-refractivity contribution in [2.75, 3.05) is 0 Å². The van der Waals surface area contributed by atoms with Crippen LogP contribution in [0.2, 0.25) is 0 Å². The van der Waals surface area contributed by atoms with Crippen molar-refractivity contribution in [3.8, 4) is 0 Å². The van der Waals surface area contributed by atoms with Crippen molar-refractivity contribution < 1.29 is 0 Å². The van der Waals surface area contributed by atoms with Crippen LogP contribution in [0, 0.1) is 0 Å². The molecule has 0 fully saturated rings. The maximum atomic E-state index is 2.19. The minimum atomic E-state index is 1.08. The van der Waals surface area contributed by atoms with E-state index in [9.17, 15) is 0 Å². The molecule has 0 aromatic carbocycles. The Morgan fingerprint density at radius 1 is 1.44 bits per heavy atom. The van der Waals surface area contributed by atoms with E-state index in [2.05, 4.69) is 36.9 Å². The SMILES string of the molecule is CCc1ccn(CC)c1. The van der Waals surface area contributed by atoms with Crippen molar-refractivity contribution in [3.63, 3.8) is 0 Å². The topological polar surface area (TPSA) is 4.93 Å². The van der Waals surface area contributed by atoms with E-state index in [1.54, 1.807) is 0 Å². The van der Waals surface area contributed by atoms with Gasteiger partial charge in [-0.3, -0.25) is 0 Å². The lowest BCUT2D eigenvalue weighted by Crippen LogP contribution is -1.86. The van der Waals surface area contributed by atoms with Crippen LogP contribution in [-0.2, 0) is 13.0 Å². The molecule has 1 aromatic rings. The van der Waals surface area contributed by atoms with Gasteiger partial charge >= 0.3 is 0 Å². The molecule has 0 unspecified atom stereocenters. The number of hydrogen-bond donors (Lipinski definition) is 0. The highest BCUT2D eigenvalue weighted by atomic mass is 14.9. The lowest BCUT2D eigenvalue weighted by Gasteiger charge is -1.91. The molecule has 1 heterocycles. The molecule has 0 aliphatic carbocycles. The lowest BCUT2D eigenvalue weighted by molar-refractivity contribution is 0.766. The molecule has 0 aliphatic rings. The molecule has 1 rings (SSSR count). The van der Waals surface area contributed by atoms with Crippen LogP contribution < -0.4 is 0 Å². The van der Waals surface area contributed by atoms with Gasteiger partial charge in [0.1, 0.15) is 0 Å². The first-order valence-corrected chi connectivity index (χ1v) is 3.51. The van der Waals surface area contributed by atoms with Gasteiger partial charge in [-0.1, -0.05) is 6.92 Å². The molecule has 0 atom stereocenters. The standard InChI is InChI=1S/C8H13N/c1-3-8-5-6-9(4-2)7-8/h5-7H,3-4H2,1-2H3. The first-order chi connectivity index (χ1) is 4.36. The molecule has 0 radical (unpaired) electrons. The maximum absolute atomic E-state index is 2.19. The van der Waals surface area contributed by atoms with E-state index in [1.165, 1.54) is 5.56 Å². The Kier molecular flexibility index (Phi) is 1.93. The minimum absolute atomic E-state index is 1.08. The molecule has 0 amide bonds. The van der Waals surface area contributed by atoms with E-state index in [4.69, 9.17) is 0 Å². The number of aromatic nitrogens is 1. The van der Waals surface area contributed by atoms with Gasteiger partial charge in [0.25, 0.3) is 0 Å². The average molecular weight is 123 g/mol. The molecule has 0 N–H and O–H groups in total. The van der Waals surface area contributed by atoms with Crippen LogP contribution in [0.15, 0.2) is 18.5 Å². The molecule has 1 heteroatoms. The van der Waals surface area contributed by atoms with Crippen LogP contribution >= 0.6 is 0 Å². The molecule has 0 aliphatic heterocycles. The number of aryl methyl sites for hydroxylation is 2. The first kappa shape index (κ1) is 6.40. The van der Waals surface area contributed by atoms with Crippen LogP contribution in [0.4, 0.5) is 0 Å². The summed E-state index contributed by atoms with van der Waals surface area (Å²) in [6, 6.07) is 2.17. The third kappa shape index (κ3) is 1.35. The molecule has 1 aromatic heterocycles. The molecule has 1 nitrogen and oxygen atoms in total. The summed E-state index contributed by atoms with van der Waals surface area (Å²) in [4.78, 5) is 0. The zero-order valence-corrected chi connectivity index (χ0v) is 6.09. The Hall–Kier alpha value is -0.720. The van der Waals surface area contributed by atoms with Crippen molar-refractivity contribution in [3.05, 3.63) is 24.0 Å². The third-order valence-corrected chi connectivity index (χ3v) is 1.59. The molecule has 0 saturated carbocycles. The van der Waals surface area contributed by atoms with E-state index in [0.717, 1.165) is 13.0 Å². The molecule has 0 saturated heterocycles. The van der Waals surface area contributed by atoms with Gasteiger partial charge in [0.15, 0.2) is 0 Å². The van der Waals surface area contributed by atoms with Crippen LogP contribution in [0.25, 0.3) is 0 Å². The van der Waals surface area contributed by atoms with Crippen molar-refractivity contribution in [2.45, 2.75) is 26.8 Å². The smallest absolute Gasteiger partial charge is 0.0191 e. The van der Waals surface area contributed by atoms with E-state index in [1.807, 2.05) is 0 Å². The molecular weight excluding hydrogens is 110 g/mol. The molecule has 0 spiro atoms. The van der Waals surface area contributed by atoms with E-state index in [-0.39, 0.29) is 0 Å². The highest BCUT2D eigenvalue weighted by Crippen LogP contribution is 2.00. The third-order valence-electron chi connectivity index (χ3n) is 1.59. The summed E-state index contributed by atoms with van der Waals surface area (Å²) in [5.74, 6) is 0. The van der Waals surface area contributed by atoms with Gasteiger partial charge in [-0.2, -0.15) is 0 Å². The quantitative estimate of drug-likeness (QED) is 0.567. The summed E-state index contributed by atoms with van der Waals surface area (Å²) in [6.07, 6.45) is 5.46. The fraction of sp³-hybridized carbons (Fsp3) is 0.500. The predicted octanol–water partition coefficient (Wildman–Crippen LogP) is 2.07. The maximum Gasteiger partial charge on any atom is 0.0191 e. The molecular formula is C8H13N. The fourth-order valence-corrected chi connectivity index (χ4v) is 0.896. The second-order valence-corrected chi connectivity index (χ2v) is 2.20. The number of nitrogens with zero attached hydrogens (tertiary/aromatic N) is 1. The van der Waals surface area contributed by atoms with Gasteiger partial charge in [-0.05, 0) is 25.0 Å². The lowest BCUT2D eigenvalue weighted by atomic mass is 10.3. The van der Waals surface area contributed by atoms with E-state index in [0.29, 0.717) is 0 Å².